The van der Waals surface area contributed by atoms with Gasteiger partial charge < -0.3 is 4.90 Å². The van der Waals surface area contributed by atoms with Gasteiger partial charge in [-0.3, -0.25) is 4.90 Å². The van der Waals surface area contributed by atoms with E-state index in [9.17, 15) is 8.42 Å². The molecule has 194 valence electrons. The zero-order valence-corrected chi connectivity index (χ0v) is 23.0. The van der Waals surface area contributed by atoms with Crippen molar-refractivity contribution < 1.29 is 8.42 Å². The van der Waals surface area contributed by atoms with Gasteiger partial charge in [0.1, 0.15) is 0 Å². The lowest BCUT2D eigenvalue weighted by atomic mass is 9.81. The van der Waals surface area contributed by atoms with Crippen LogP contribution >= 0.6 is 11.3 Å². The van der Waals surface area contributed by atoms with E-state index in [4.69, 9.17) is 4.98 Å². The number of hydrogen-bond acceptors (Lipinski definition) is 7. The summed E-state index contributed by atoms with van der Waals surface area (Å²) in [5.41, 5.74) is 3.28. The van der Waals surface area contributed by atoms with Crippen molar-refractivity contribution >= 4 is 32.4 Å². The van der Waals surface area contributed by atoms with Crippen LogP contribution in [0.15, 0.2) is 59.1 Å². The fourth-order valence-corrected chi connectivity index (χ4v) is 7.82. The maximum absolute atomic E-state index is 13.6. The average Bonchev–Trinajstić information content (AvgIpc) is 3.53. The van der Waals surface area contributed by atoms with Crippen molar-refractivity contribution in [1.29, 1.82) is 0 Å². The standard InChI is InChI=1S/C28H33N5O2S2/c1-20-30-27(19-36-20)26-18-33(37(34,35)24-6-4-3-5-7-24)28-25(26)16-22(17-29-28)21-8-10-23(11-9-21)32-14-12-31(2)13-15-32/h3-7,16-19,21,23H,8-15H2,1-2H3. The van der Waals surface area contributed by atoms with E-state index in [1.165, 1.54) is 35.5 Å². The Morgan fingerprint density at radius 3 is 2.41 bits per heavy atom. The first-order valence-electron chi connectivity index (χ1n) is 13.1. The minimum atomic E-state index is -3.79. The number of thiazole rings is 1. The van der Waals surface area contributed by atoms with Crippen LogP contribution in [-0.2, 0) is 10.0 Å². The summed E-state index contributed by atoms with van der Waals surface area (Å²) in [6.45, 7) is 6.61. The molecule has 6 rings (SSSR count). The van der Waals surface area contributed by atoms with E-state index < -0.39 is 10.0 Å². The Kier molecular flexibility index (Phi) is 6.65. The predicted octanol–water partition coefficient (Wildman–Crippen LogP) is 4.98. The van der Waals surface area contributed by atoms with Crippen molar-refractivity contribution in [3.63, 3.8) is 0 Å². The Hall–Kier alpha value is -2.59. The molecule has 0 bridgehead atoms. The smallest absolute Gasteiger partial charge is 0.269 e. The summed E-state index contributed by atoms with van der Waals surface area (Å²) >= 11 is 1.57. The zero-order chi connectivity index (χ0) is 25.6. The number of hydrogen-bond donors (Lipinski definition) is 0. The summed E-state index contributed by atoms with van der Waals surface area (Å²) < 4.78 is 28.5. The van der Waals surface area contributed by atoms with E-state index in [1.54, 1.807) is 41.8 Å². The molecule has 0 atom stereocenters. The predicted molar refractivity (Wildman–Crippen MR) is 149 cm³/mol. The van der Waals surface area contributed by atoms with E-state index in [-0.39, 0.29) is 4.90 Å². The first kappa shape index (κ1) is 24.7. The molecule has 1 aliphatic heterocycles. The Labute approximate surface area is 222 Å². The van der Waals surface area contributed by atoms with Gasteiger partial charge in [0.05, 0.1) is 15.6 Å². The second-order valence-corrected chi connectivity index (χ2v) is 13.3. The fraction of sp³-hybridized carbons (Fsp3) is 0.429. The largest absolute Gasteiger partial charge is 0.304 e. The van der Waals surface area contributed by atoms with E-state index in [2.05, 4.69) is 27.9 Å². The molecule has 0 amide bonds. The monoisotopic (exact) mass is 535 g/mol. The summed E-state index contributed by atoms with van der Waals surface area (Å²) in [4.78, 5) is 14.8. The van der Waals surface area contributed by atoms with Gasteiger partial charge in [-0.1, -0.05) is 18.2 Å². The number of likely N-dealkylation sites (N-methyl/N-ethyl adjacent to an activating group) is 1. The van der Waals surface area contributed by atoms with Crippen molar-refractivity contribution in [2.24, 2.45) is 0 Å². The molecule has 4 heterocycles. The minimum Gasteiger partial charge on any atom is -0.304 e. The van der Waals surface area contributed by atoms with Crippen LogP contribution in [0.25, 0.3) is 22.3 Å². The molecule has 9 heteroatoms. The SMILES string of the molecule is Cc1nc(-c2cn(S(=O)(=O)c3ccccc3)c3ncc(C4CCC(N5CCN(C)CC5)CC4)cc23)cs1. The third kappa shape index (κ3) is 4.74. The summed E-state index contributed by atoms with van der Waals surface area (Å²) in [6.07, 6.45) is 8.28. The molecule has 0 radical (unpaired) electrons. The Morgan fingerprint density at radius 2 is 1.73 bits per heavy atom. The lowest BCUT2D eigenvalue weighted by Gasteiger charge is -2.41. The van der Waals surface area contributed by atoms with Crippen LogP contribution in [0.4, 0.5) is 0 Å². The number of nitrogens with zero attached hydrogens (tertiary/aromatic N) is 5. The lowest BCUT2D eigenvalue weighted by Crippen LogP contribution is -2.49. The molecule has 4 aromatic rings. The molecule has 1 saturated carbocycles. The van der Waals surface area contributed by atoms with Crippen LogP contribution < -0.4 is 0 Å². The van der Waals surface area contributed by atoms with Gasteiger partial charge in [0.25, 0.3) is 10.0 Å². The topological polar surface area (TPSA) is 71.3 Å². The van der Waals surface area contributed by atoms with E-state index in [0.717, 1.165) is 47.6 Å². The molecular formula is C28H33N5O2S2. The van der Waals surface area contributed by atoms with Gasteiger partial charge >= 0.3 is 0 Å². The molecule has 7 nitrogen and oxygen atoms in total. The summed E-state index contributed by atoms with van der Waals surface area (Å²) in [5.74, 6) is 0.444. The number of piperazine rings is 1. The van der Waals surface area contributed by atoms with Crippen molar-refractivity contribution in [3.8, 4) is 11.3 Å². The zero-order valence-electron chi connectivity index (χ0n) is 21.4. The average molecular weight is 536 g/mol. The maximum Gasteiger partial charge on any atom is 0.269 e. The Balaban J connectivity index is 1.33. The quantitative estimate of drug-likeness (QED) is 0.359. The summed E-state index contributed by atoms with van der Waals surface area (Å²) in [6, 6.07) is 11.4. The molecule has 1 aromatic carbocycles. The first-order chi connectivity index (χ1) is 17.9. The molecule has 37 heavy (non-hydrogen) atoms. The van der Waals surface area contributed by atoms with Crippen LogP contribution in [0.1, 0.15) is 42.2 Å². The Morgan fingerprint density at radius 1 is 1.00 bits per heavy atom. The molecule has 2 fully saturated rings. The number of aromatic nitrogens is 3. The highest BCUT2D eigenvalue weighted by Gasteiger charge is 2.30. The minimum absolute atomic E-state index is 0.251. The highest BCUT2D eigenvalue weighted by Crippen LogP contribution is 2.38. The maximum atomic E-state index is 13.6. The van der Waals surface area contributed by atoms with Gasteiger partial charge in [0.15, 0.2) is 5.65 Å². The van der Waals surface area contributed by atoms with Crippen LogP contribution in [0.2, 0.25) is 0 Å². The normalized spacial score (nSPS) is 22.0. The number of benzene rings is 1. The van der Waals surface area contributed by atoms with Crippen molar-refractivity contribution in [3.05, 3.63) is 64.7 Å². The third-order valence-corrected chi connectivity index (χ3v) is 10.5. The van der Waals surface area contributed by atoms with Crippen LogP contribution in [0.5, 0.6) is 0 Å². The van der Waals surface area contributed by atoms with Gasteiger partial charge in [-0.2, -0.15) is 0 Å². The molecule has 0 N–H and O–H groups in total. The third-order valence-electron chi connectivity index (χ3n) is 8.05. The number of fused-ring (bicyclic) bond motifs is 1. The van der Waals surface area contributed by atoms with Crippen LogP contribution in [0, 0.1) is 6.92 Å². The van der Waals surface area contributed by atoms with Crippen LogP contribution in [0.3, 0.4) is 0 Å². The highest BCUT2D eigenvalue weighted by molar-refractivity contribution is 7.90. The number of aryl methyl sites for hydroxylation is 1. The molecule has 0 spiro atoms. The van der Waals surface area contributed by atoms with Gasteiger partial charge in [0.2, 0.25) is 0 Å². The molecular weight excluding hydrogens is 502 g/mol. The molecule has 2 aliphatic rings. The van der Waals surface area contributed by atoms with Gasteiger partial charge in [0, 0.05) is 60.9 Å². The highest BCUT2D eigenvalue weighted by atomic mass is 32.2. The van der Waals surface area contributed by atoms with E-state index >= 15 is 0 Å². The summed E-state index contributed by atoms with van der Waals surface area (Å²) in [7, 11) is -1.58. The van der Waals surface area contributed by atoms with Gasteiger partial charge in [-0.05, 0) is 69.3 Å². The fourth-order valence-electron chi connectivity index (χ4n) is 5.86. The number of rotatable bonds is 5. The van der Waals surface area contributed by atoms with Crippen molar-refractivity contribution in [2.45, 2.75) is 49.5 Å². The summed E-state index contributed by atoms with van der Waals surface area (Å²) in [5, 5.41) is 3.80. The van der Waals surface area contributed by atoms with E-state index in [0.29, 0.717) is 17.6 Å². The first-order valence-corrected chi connectivity index (χ1v) is 15.4. The van der Waals surface area contributed by atoms with Crippen LogP contribution in [-0.4, -0.2) is 71.4 Å². The second-order valence-electron chi connectivity index (χ2n) is 10.4. The van der Waals surface area contributed by atoms with Gasteiger partial charge in [-0.25, -0.2) is 22.4 Å². The van der Waals surface area contributed by atoms with Crippen molar-refractivity contribution in [1.82, 2.24) is 23.7 Å². The molecule has 1 saturated heterocycles. The van der Waals surface area contributed by atoms with Gasteiger partial charge in [-0.15, -0.1) is 11.3 Å². The molecule has 1 aliphatic carbocycles. The molecule has 0 unspecified atom stereocenters. The number of pyridine rings is 1. The van der Waals surface area contributed by atoms with Crippen molar-refractivity contribution in [2.75, 3.05) is 33.2 Å². The lowest BCUT2D eigenvalue weighted by molar-refractivity contribution is 0.0878. The Bertz CT molecular complexity index is 1500. The van der Waals surface area contributed by atoms with E-state index in [1.807, 2.05) is 24.6 Å². The molecule has 3 aromatic heterocycles. The second kappa shape index (κ2) is 9.94.